The zero-order valence-corrected chi connectivity index (χ0v) is 11.1. The van der Waals surface area contributed by atoms with Crippen LogP contribution in [0.1, 0.15) is 46.0 Å². The van der Waals surface area contributed by atoms with Gasteiger partial charge in [-0.05, 0) is 52.1 Å². The lowest BCUT2D eigenvalue weighted by atomic mass is 9.77. The first-order valence-corrected chi connectivity index (χ1v) is 6.60. The minimum Gasteiger partial charge on any atom is -0.382 e. The molecule has 0 amide bonds. The van der Waals surface area contributed by atoms with Crippen molar-refractivity contribution in [3.63, 3.8) is 0 Å². The zero-order valence-electron chi connectivity index (χ0n) is 11.1. The smallest absolute Gasteiger partial charge is 0.0787 e. The molecule has 0 radical (unpaired) electrons. The van der Waals surface area contributed by atoms with E-state index in [9.17, 15) is 0 Å². The number of ether oxygens (including phenoxy) is 2. The molecule has 0 bridgehead atoms. The largest absolute Gasteiger partial charge is 0.382 e. The summed E-state index contributed by atoms with van der Waals surface area (Å²) < 4.78 is 11.3. The van der Waals surface area contributed by atoms with Gasteiger partial charge in [-0.25, -0.2) is 0 Å². The highest BCUT2D eigenvalue weighted by Gasteiger charge is 2.38. The normalized spacial score (nSPS) is 20.4. The molecule has 0 aromatic rings. The quantitative estimate of drug-likeness (QED) is 0.616. The maximum atomic E-state index is 6.13. The summed E-state index contributed by atoms with van der Waals surface area (Å²) in [6, 6.07) is 0. The van der Waals surface area contributed by atoms with E-state index in [4.69, 9.17) is 9.47 Å². The predicted molar refractivity (Wildman–Crippen MR) is 66.8 cm³/mol. The van der Waals surface area contributed by atoms with E-state index in [0.29, 0.717) is 6.61 Å². The van der Waals surface area contributed by atoms with Crippen LogP contribution in [0.3, 0.4) is 0 Å². The van der Waals surface area contributed by atoms with Crippen molar-refractivity contribution >= 4 is 0 Å². The third-order valence-electron chi connectivity index (χ3n) is 3.30. The fourth-order valence-corrected chi connectivity index (χ4v) is 2.31. The van der Waals surface area contributed by atoms with Crippen LogP contribution in [0.2, 0.25) is 0 Å². The van der Waals surface area contributed by atoms with E-state index < -0.39 is 0 Å². The first-order valence-electron chi connectivity index (χ1n) is 6.60. The van der Waals surface area contributed by atoms with Crippen LogP contribution in [-0.2, 0) is 9.47 Å². The summed E-state index contributed by atoms with van der Waals surface area (Å²) in [4.78, 5) is 0. The number of hydrogen-bond acceptors (Lipinski definition) is 3. The minimum absolute atomic E-state index is 0.151. The molecule has 1 unspecified atom stereocenters. The fourth-order valence-electron chi connectivity index (χ4n) is 2.31. The van der Waals surface area contributed by atoms with Crippen LogP contribution < -0.4 is 5.32 Å². The molecule has 0 spiro atoms. The molecule has 0 aromatic carbocycles. The fraction of sp³-hybridized carbons (Fsp3) is 1.00. The van der Waals surface area contributed by atoms with E-state index in [2.05, 4.69) is 19.2 Å². The van der Waals surface area contributed by atoms with Gasteiger partial charge in [0, 0.05) is 7.11 Å². The first kappa shape index (κ1) is 13.9. The van der Waals surface area contributed by atoms with E-state index in [1.54, 1.807) is 7.11 Å². The summed E-state index contributed by atoms with van der Waals surface area (Å²) in [5, 5.41) is 3.45. The predicted octanol–water partition coefficient (Wildman–Crippen LogP) is 2.35. The van der Waals surface area contributed by atoms with Gasteiger partial charge in [-0.15, -0.1) is 0 Å². The second-order valence-electron chi connectivity index (χ2n) is 4.92. The summed E-state index contributed by atoms with van der Waals surface area (Å²) in [5.74, 6) is 0. The number of hydrogen-bond donors (Lipinski definition) is 1. The van der Waals surface area contributed by atoms with Crippen LogP contribution in [0.25, 0.3) is 0 Å². The van der Waals surface area contributed by atoms with Crippen molar-refractivity contribution in [2.24, 2.45) is 0 Å². The van der Waals surface area contributed by atoms with Crippen molar-refractivity contribution in [1.82, 2.24) is 5.32 Å². The highest BCUT2D eigenvalue weighted by Crippen LogP contribution is 2.39. The highest BCUT2D eigenvalue weighted by atomic mass is 16.5. The molecule has 0 aromatic heterocycles. The van der Waals surface area contributed by atoms with Gasteiger partial charge in [-0.2, -0.15) is 0 Å². The van der Waals surface area contributed by atoms with Gasteiger partial charge in [-0.1, -0.05) is 6.92 Å². The molecule has 0 saturated heterocycles. The van der Waals surface area contributed by atoms with Crippen LogP contribution in [0, 0.1) is 0 Å². The molecule has 1 fully saturated rings. The van der Waals surface area contributed by atoms with Crippen LogP contribution in [0.15, 0.2) is 0 Å². The van der Waals surface area contributed by atoms with E-state index in [1.165, 1.54) is 25.7 Å². The number of rotatable bonds is 9. The van der Waals surface area contributed by atoms with Crippen LogP contribution >= 0.6 is 0 Å². The number of methoxy groups -OCH3 is 1. The molecule has 1 N–H and O–H groups in total. The van der Waals surface area contributed by atoms with Crippen molar-refractivity contribution in [3.05, 3.63) is 0 Å². The van der Waals surface area contributed by atoms with Gasteiger partial charge >= 0.3 is 0 Å². The lowest BCUT2D eigenvalue weighted by Crippen LogP contribution is -2.45. The lowest BCUT2D eigenvalue weighted by Gasteiger charge is -2.43. The Kier molecular flexibility index (Phi) is 6.32. The third-order valence-corrected chi connectivity index (χ3v) is 3.30. The van der Waals surface area contributed by atoms with Crippen molar-refractivity contribution in [1.29, 1.82) is 0 Å². The highest BCUT2D eigenvalue weighted by molar-refractivity contribution is 4.91. The average molecular weight is 229 g/mol. The summed E-state index contributed by atoms with van der Waals surface area (Å²) in [5.41, 5.74) is 0.151. The van der Waals surface area contributed by atoms with Gasteiger partial charge in [0.25, 0.3) is 0 Å². The van der Waals surface area contributed by atoms with Crippen LogP contribution in [0.5, 0.6) is 0 Å². The SMILES string of the molecule is CCCNCCC1(OC(C)COC)CCC1. The Labute approximate surface area is 99.9 Å². The molecule has 1 atom stereocenters. The molecule has 0 aliphatic heterocycles. The summed E-state index contributed by atoms with van der Waals surface area (Å²) in [6.07, 6.45) is 6.31. The molecule has 3 heteroatoms. The van der Waals surface area contributed by atoms with Gasteiger partial charge in [0.05, 0.1) is 18.3 Å². The average Bonchev–Trinajstić information content (AvgIpc) is 2.20. The Morgan fingerprint density at radius 3 is 2.56 bits per heavy atom. The van der Waals surface area contributed by atoms with Gasteiger partial charge < -0.3 is 14.8 Å². The second kappa shape index (κ2) is 7.25. The Bertz CT molecular complexity index is 181. The monoisotopic (exact) mass is 229 g/mol. The molecule has 16 heavy (non-hydrogen) atoms. The summed E-state index contributed by atoms with van der Waals surface area (Å²) in [7, 11) is 1.73. The van der Waals surface area contributed by atoms with E-state index >= 15 is 0 Å². The van der Waals surface area contributed by atoms with E-state index in [0.717, 1.165) is 19.5 Å². The third kappa shape index (κ3) is 4.40. The first-order chi connectivity index (χ1) is 7.72. The summed E-state index contributed by atoms with van der Waals surface area (Å²) >= 11 is 0. The Balaban J connectivity index is 2.21. The maximum Gasteiger partial charge on any atom is 0.0787 e. The topological polar surface area (TPSA) is 30.5 Å². The Morgan fingerprint density at radius 1 is 1.31 bits per heavy atom. The van der Waals surface area contributed by atoms with Crippen molar-refractivity contribution in [2.45, 2.75) is 57.7 Å². The van der Waals surface area contributed by atoms with Crippen molar-refractivity contribution in [2.75, 3.05) is 26.8 Å². The lowest BCUT2D eigenvalue weighted by molar-refractivity contribution is -0.150. The molecular formula is C13H27NO2. The van der Waals surface area contributed by atoms with Gasteiger partial charge in [-0.3, -0.25) is 0 Å². The van der Waals surface area contributed by atoms with E-state index in [1.807, 2.05) is 0 Å². The number of nitrogens with one attached hydrogen (secondary N) is 1. The summed E-state index contributed by atoms with van der Waals surface area (Å²) in [6.45, 7) is 7.19. The molecule has 1 aliphatic carbocycles. The molecule has 1 saturated carbocycles. The minimum atomic E-state index is 0.151. The molecular weight excluding hydrogens is 202 g/mol. The molecule has 96 valence electrons. The molecule has 0 heterocycles. The van der Waals surface area contributed by atoms with Gasteiger partial charge in [0.15, 0.2) is 0 Å². The van der Waals surface area contributed by atoms with Crippen LogP contribution in [0.4, 0.5) is 0 Å². The maximum absolute atomic E-state index is 6.13. The van der Waals surface area contributed by atoms with Gasteiger partial charge in [0.1, 0.15) is 0 Å². The second-order valence-corrected chi connectivity index (χ2v) is 4.92. The van der Waals surface area contributed by atoms with Crippen LogP contribution in [-0.4, -0.2) is 38.5 Å². The standard InChI is InChI=1S/C13H27NO2/c1-4-9-14-10-8-13(6-5-7-13)16-12(2)11-15-3/h12,14H,4-11H2,1-3H3. The Hall–Kier alpha value is -0.120. The van der Waals surface area contributed by atoms with Crippen molar-refractivity contribution in [3.8, 4) is 0 Å². The Morgan fingerprint density at radius 2 is 2.06 bits per heavy atom. The molecule has 1 aliphatic rings. The van der Waals surface area contributed by atoms with E-state index in [-0.39, 0.29) is 11.7 Å². The van der Waals surface area contributed by atoms with Gasteiger partial charge in [0.2, 0.25) is 0 Å². The van der Waals surface area contributed by atoms with Crippen molar-refractivity contribution < 1.29 is 9.47 Å². The molecule has 3 nitrogen and oxygen atoms in total. The molecule has 1 rings (SSSR count). The zero-order chi connectivity index (χ0) is 11.9.